The lowest BCUT2D eigenvalue weighted by molar-refractivity contribution is 0.101. The van der Waals surface area contributed by atoms with Crippen LogP contribution in [0.1, 0.15) is 43.7 Å². The van der Waals surface area contributed by atoms with Gasteiger partial charge in [0, 0.05) is 28.6 Å². The zero-order valence-electron chi connectivity index (χ0n) is 13.7. The molecule has 0 bridgehead atoms. The molecule has 0 atom stereocenters. The van der Waals surface area contributed by atoms with Gasteiger partial charge in [0.25, 0.3) is 0 Å². The van der Waals surface area contributed by atoms with E-state index in [1.165, 1.54) is 0 Å². The summed E-state index contributed by atoms with van der Waals surface area (Å²) < 4.78 is 0. The van der Waals surface area contributed by atoms with E-state index in [4.69, 9.17) is 0 Å². The molecular formula is C17H22N4O. The monoisotopic (exact) mass is 298 g/mol. The molecule has 0 aliphatic carbocycles. The number of nitrogens with one attached hydrogen (secondary N) is 2. The van der Waals surface area contributed by atoms with Crippen LogP contribution in [0.4, 0.5) is 17.5 Å². The predicted molar refractivity (Wildman–Crippen MR) is 89.9 cm³/mol. The second-order valence-corrected chi connectivity index (χ2v) is 6.35. The first-order chi connectivity index (χ1) is 10.2. The number of aromatic nitrogens is 2. The van der Waals surface area contributed by atoms with Gasteiger partial charge in [0.05, 0.1) is 0 Å². The average molecular weight is 298 g/mol. The maximum atomic E-state index is 11.3. The molecular weight excluding hydrogens is 276 g/mol. The van der Waals surface area contributed by atoms with Crippen LogP contribution in [-0.2, 0) is 0 Å². The maximum Gasteiger partial charge on any atom is 0.225 e. The Morgan fingerprint density at radius 1 is 1.09 bits per heavy atom. The van der Waals surface area contributed by atoms with Crippen LogP contribution in [0.25, 0.3) is 0 Å². The van der Waals surface area contributed by atoms with Gasteiger partial charge >= 0.3 is 0 Å². The number of Topliss-reactive ketones (excluding diaryl/α,β-unsaturated/α-hetero) is 1. The van der Waals surface area contributed by atoms with Crippen LogP contribution in [0.5, 0.6) is 0 Å². The van der Waals surface area contributed by atoms with Gasteiger partial charge in [-0.3, -0.25) is 4.79 Å². The van der Waals surface area contributed by atoms with Crippen LogP contribution in [0.15, 0.2) is 30.3 Å². The lowest BCUT2D eigenvalue weighted by atomic mass is 10.1. The van der Waals surface area contributed by atoms with Crippen LogP contribution >= 0.6 is 0 Å². The number of carbonyl (C=O) groups is 1. The summed E-state index contributed by atoms with van der Waals surface area (Å²) in [5.41, 5.74) is 2.35. The number of hydrogen-bond acceptors (Lipinski definition) is 5. The van der Waals surface area contributed by atoms with Crippen molar-refractivity contribution in [2.45, 2.75) is 40.2 Å². The van der Waals surface area contributed by atoms with Crippen LogP contribution in [-0.4, -0.2) is 21.3 Å². The molecule has 5 heteroatoms. The fourth-order valence-corrected chi connectivity index (χ4v) is 1.96. The molecule has 2 rings (SSSR count). The SMILES string of the molecule is CC(=O)c1ccc(Nc2cc(C)nc(NC(C)(C)C)n2)cc1. The van der Waals surface area contributed by atoms with E-state index >= 15 is 0 Å². The van der Waals surface area contributed by atoms with Gasteiger partial charge in [-0.25, -0.2) is 4.98 Å². The summed E-state index contributed by atoms with van der Waals surface area (Å²) in [6.07, 6.45) is 0. The summed E-state index contributed by atoms with van der Waals surface area (Å²) in [7, 11) is 0. The van der Waals surface area contributed by atoms with Gasteiger partial charge < -0.3 is 10.6 Å². The number of carbonyl (C=O) groups excluding carboxylic acids is 1. The third-order valence-electron chi connectivity index (χ3n) is 2.90. The second kappa shape index (κ2) is 6.13. The largest absolute Gasteiger partial charge is 0.350 e. The first kappa shape index (κ1) is 15.9. The molecule has 0 aliphatic heterocycles. The highest BCUT2D eigenvalue weighted by molar-refractivity contribution is 5.94. The van der Waals surface area contributed by atoms with E-state index in [1.54, 1.807) is 19.1 Å². The average Bonchev–Trinajstić information content (AvgIpc) is 2.36. The molecule has 116 valence electrons. The molecule has 0 aliphatic rings. The van der Waals surface area contributed by atoms with Crippen molar-refractivity contribution in [1.29, 1.82) is 0 Å². The van der Waals surface area contributed by atoms with E-state index in [-0.39, 0.29) is 11.3 Å². The summed E-state index contributed by atoms with van der Waals surface area (Å²) in [6, 6.07) is 9.21. The lowest BCUT2D eigenvalue weighted by Crippen LogP contribution is -2.27. The number of hydrogen-bond donors (Lipinski definition) is 2. The molecule has 5 nitrogen and oxygen atoms in total. The molecule has 1 aromatic carbocycles. The highest BCUT2D eigenvalue weighted by Crippen LogP contribution is 2.19. The minimum atomic E-state index is -0.103. The van der Waals surface area contributed by atoms with E-state index < -0.39 is 0 Å². The van der Waals surface area contributed by atoms with Crippen LogP contribution in [0, 0.1) is 6.92 Å². The lowest BCUT2D eigenvalue weighted by Gasteiger charge is -2.21. The van der Waals surface area contributed by atoms with E-state index in [0.717, 1.165) is 17.2 Å². The van der Waals surface area contributed by atoms with E-state index in [9.17, 15) is 4.79 Å². The summed E-state index contributed by atoms with van der Waals surface area (Å²) in [5, 5.41) is 6.50. The Morgan fingerprint density at radius 2 is 1.73 bits per heavy atom. The number of ketones is 1. The standard InChI is InChI=1S/C17H22N4O/c1-11-10-15(20-16(18-11)21-17(3,4)5)19-14-8-6-13(7-9-14)12(2)22/h6-10H,1-5H3,(H2,18,19,20,21). The van der Waals surface area contributed by atoms with Crippen molar-refractivity contribution < 1.29 is 4.79 Å². The van der Waals surface area contributed by atoms with Crippen molar-refractivity contribution in [3.8, 4) is 0 Å². The Labute approximate surface area is 131 Å². The molecule has 1 aromatic heterocycles. The van der Waals surface area contributed by atoms with Crippen molar-refractivity contribution in [3.63, 3.8) is 0 Å². The van der Waals surface area contributed by atoms with Crippen molar-refractivity contribution >= 4 is 23.2 Å². The van der Waals surface area contributed by atoms with Crippen molar-refractivity contribution in [1.82, 2.24) is 9.97 Å². The molecule has 0 saturated carbocycles. The normalized spacial score (nSPS) is 11.1. The number of nitrogens with zero attached hydrogens (tertiary/aromatic N) is 2. The summed E-state index contributed by atoms with van der Waals surface area (Å²) in [4.78, 5) is 20.2. The van der Waals surface area contributed by atoms with E-state index in [1.807, 2.05) is 25.1 Å². The van der Waals surface area contributed by atoms with Gasteiger partial charge in [0.1, 0.15) is 5.82 Å². The number of rotatable bonds is 4. The molecule has 22 heavy (non-hydrogen) atoms. The van der Waals surface area contributed by atoms with Crippen molar-refractivity contribution in [3.05, 3.63) is 41.6 Å². The summed E-state index contributed by atoms with van der Waals surface area (Å²) >= 11 is 0. The Morgan fingerprint density at radius 3 is 2.27 bits per heavy atom. The molecule has 0 fully saturated rings. The smallest absolute Gasteiger partial charge is 0.225 e. The Hall–Kier alpha value is -2.43. The fourth-order valence-electron chi connectivity index (χ4n) is 1.96. The highest BCUT2D eigenvalue weighted by Gasteiger charge is 2.12. The predicted octanol–water partition coefficient (Wildman–Crippen LogP) is 3.94. The number of benzene rings is 1. The zero-order chi connectivity index (χ0) is 16.3. The van der Waals surface area contributed by atoms with Crippen molar-refractivity contribution in [2.24, 2.45) is 0 Å². The molecule has 0 radical (unpaired) electrons. The quantitative estimate of drug-likeness (QED) is 0.837. The second-order valence-electron chi connectivity index (χ2n) is 6.35. The van der Waals surface area contributed by atoms with Gasteiger partial charge in [-0.05, 0) is 58.9 Å². The minimum Gasteiger partial charge on any atom is -0.350 e. The first-order valence-corrected chi connectivity index (χ1v) is 7.25. The Balaban J connectivity index is 2.20. The van der Waals surface area contributed by atoms with Crippen LogP contribution in [0.3, 0.4) is 0 Å². The molecule has 0 amide bonds. The highest BCUT2D eigenvalue weighted by atomic mass is 16.1. The molecule has 0 unspecified atom stereocenters. The third-order valence-corrected chi connectivity index (χ3v) is 2.90. The zero-order valence-corrected chi connectivity index (χ0v) is 13.7. The van der Waals surface area contributed by atoms with Crippen molar-refractivity contribution in [2.75, 3.05) is 10.6 Å². The Bertz CT molecular complexity index is 672. The third kappa shape index (κ3) is 4.55. The minimum absolute atomic E-state index is 0.0566. The van der Waals surface area contributed by atoms with Crippen LogP contribution < -0.4 is 10.6 Å². The van der Waals surface area contributed by atoms with Gasteiger partial charge in [0.15, 0.2) is 5.78 Å². The van der Waals surface area contributed by atoms with Gasteiger partial charge in [-0.2, -0.15) is 4.98 Å². The summed E-state index contributed by atoms with van der Waals surface area (Å²) in [6.45, 7) is 9.67. The molecule has 2 N–H and O–H groups in total. The van der Waals surface area contributed by atoms with Gasteiger partial charge in [-0.1, -0.05) is 0 Å². The number of aryl methyl sites for hydroxylation is 1. The molecule has 2 aromatic rings. The van der Waals surface area contributed by atoms with Gasteiger partial charge in [0.2, 0.25) is 5.95 Å². The van der Waals surface area contributed by atoms with Crippen LogP contribution in [0.2, 0.25) is 0 Å². The van der Waals surface area contributed by atoms with Gasteiger partial charge in [-0.15, -0.1) is 0 Å². The fraction of sp³-hybridized carbons (Fsp3) is 0.353. The summed E-state index contributed by atoms with van der Waals surface area (Å²) in [5.74, 6) is 1.37. The maximum absolute atomic E-state index is 11.3. The first-order valence-electron chi connectivity index (χ1n) is 7.25. The molecule has 1 heterocycles. The topological polar surface area (TPSA) is 66.9 Å². The molecule has 0 spiro atoms. The number of anilines is 3. The molecule has 0 saturated heterocycles. The Kier molecular flexibility index (Phi) is 4.45. The van der Waals surface area contributed by atoms with E-state index in [0.29, 0.717) is 11.5 Å². The van der Waals surface area contributed by atoms with E-state index in [2.05, 4.69) is 41.4 Å².